The monoisotopic (exact) mass is 475 g/mol. The van der Waals surface area contributed by atoms with E-state index in [9.17, 15) is 14.4 Å². The Morgan fingerprint density at radius 1 is 0.971 bits per heavy atom. The molecule has 1 saturated heterocycles. The van der Waals surface area contributed by atoms with Gasteiger partial charge in [0, 0.05) is 34.7 Å². The molecule has 0 radical (unpaired) electrons. The van der Waals surface area contributed by atoms with Crippen molar-refractivity contribution in [2.45, 2.75) is 19.3 Å². The predicted octanol–water partition coefficient (Wildman–Crippen LogP) is 5.40. The number of ketones is 1. The van der Waals surface area contributed by atoms with Crippen LogP contribution in [0.1, 0.15) is 45.5 Å². The van der Waals surface area contributed by atoms with Crippen molar-refractivity contribution in [1.29, 1.82) is 0 Å². The van der Waals surface area contributed by atoms with Crippen LogP contribution < -0.4 is 4.74 Å². The number of nitrogens with zero attached hydrogens (tertiary/aromatic N) is 1. The lowest BCUT2D eigenvalue weighted by molar-refractivity contribution is -0.134. The maximum absolute atomic E-state index is 13.2. The summed E-state index contributed by atoms with van der Waals surface area (Å²) < 4.78 is 5.90. The number of benzene rings is 2. The van der Waals surface area contributed by atoms with Gasteiger partial charge in [0.25, 0.3) is 5.91 Å². The molecule has 2 aromatic carbocycles. The Hall–Kier alpha value is -3.71. The van der Waals surface area contributed by atoms with E-state index in [-0.39, 0.29) is 29.4 Å². The van der Waals surface area contributed by atoms with Crippen LogP contribution in [0.5, 0.6) is 5.75 Å². The van der Waals surface area contributed by atoms with E-state index in [2.05, 4.69) is 6.58 Å². The third-order valence-electron chi connectivity index (χ3n) is 5.84. The number of thiophene rings is 1. The zero-order valence-corrected chi connectivity index (χ0v) is 19.5. The van der Waals surface area contributed by atoms with Gasteiger partial charge in [0.05, 0.1) is 5.56 Å². The van der Waals surface area contributed by atoms with Gasteiger partial charge in [-0.2, -0.15) is 0 Å². The van der Waals surface area contributed by atoms with Gasteiger partial charge in [-0.3, -0.25) is 9.59 Å². The number of carboxylic acid groups (broad SMARTS) is 1. The van der Waals surface area contributed by atoms with Crippen LogP contribution in [0, 0.1) is 0 Å². The lowest BCUT2D eigenvalue weighted by atomic mass is 9.95. The zero-order chi connectivity index (χ0) is 24.1. The number of hydrogen-bond acceptors (Lipinski definition) is 5. The fourth-order valence-corrected chi connectivity index (χ4v) is 4.65. The predicted molar refractivity (Wildman–Crippen MR) is 132 cm³/mol. The van der Waals surface area contributed by atoms with Crippen LogP contribution in [0.15, 0.2) is 66.6 Å². The Morgan fingerprint density at radius 2 is 1.68 bits per heavy atom. The Bertz CT molecular complexity index is 1210. The van der Waals surface area contributed by atoms with Crippen LogP contribution in [0.25, 0.3) is 16.0 Å². The minimum atomic E-state index is -1.06. The molecule has 6 nitrogen and oxygen atoms in total. The highest BCUT2D eigenvalue weighted by atomic mass is 32.1. The third-order valence-corrected chi connectivity index (χ3v) is 6.76. The van der Waals surface area contributed by atoms with E-state index in [0.29, 0.717) is 16.9 Å². The fraction of sp³-hybridized carbons (Fsp3) is 0.222. The Balaban J connectivity index is 1.60. The van der Waals surface area contributed by atoms with Gasteiger partial charge in [0.15, 0.2) is 12.4 Å². The first-order valence-corrected chi connectivity index (χ1v) is 12.0. The summed E-state index contributed by atoms with van der Waals surface area (Å²) in [5.41, 5.74) is 2.05. The molecule has 3 aromatic rings. The molecule has 0 atom stereocenters. The zero-order valence-electron chi connectivity index (χ0n) is 18.7. The molecule has 0 aliphatic carbocycles. The number of carboxylic acids is 1. The van der Waals surface area contributed by atoms with Crippen molar-refractivity contribution in [3.8, 4) is 16.2 Å². The topological polar surface area (TPSA) is 83.9 Å². The van der Waals surface area contributed by atoms with Gasteiger partial charge < -0.3 is 14.7 Å². The standard InChI is InChI=1S/C27H25NO5S/c1-18(26(30)19-7-9-20(10-8-19)27(31)32)22-16-21(24-6-5-15-34-24)11-12-23(22)33-17-25(29)28-13-3-2-4-14-28/h5-12,15-16H,1-4,13-14,17H2,(H,31,32). The molecule has 0 bridgehead atoms. The number of rotatable bonds is 8. The van der Waals surface area contributed by atoms with E-state index < -0.39 is 5.97 Å². The molecule has 1 amide bonds. The second kappa shape index (κ2) is 10.5. The number of likely N-dealkylation sites (tertiary alicyclic amines) is 1. The first-order valence-electron chi connectivity index (χ1n) is 11.1. The summed E-state index contributed by atoms with van der Waals surface area (Å²) >= 11 is 1.58. The molecule has 0 saturated carbocycles. The van der Waals surface area contributed by atoms with E-state index in [1.54, 1.807) is 17.4 Å². The van der Waals surface area contributed by atoms with Gasteiger partial charge in [0.1, 0.15) is 5.75 Å². The van der Waals surface area contributed by atoms with Crippen LogP contribution in [-0.4, -0.2) is 47.4 Å². The van der Waals surface area contributed by atoms with Crippen LogP contribution >= 0.6 is 11.3 Å². The summed E-state index contributed by atoms with van der Waals surface area (Å²) in [7, 11) is 0. The molecule has 34 heavy (non-hydrogen) atoms. The second-order valence-electron chi connectivity index (χ2n) is 8.11. The second-order valence-corrected chi connectivity index (χ2v) is 9.06. The summed E-state index contributed by atoms with van der Waals surface area (Å²) in [4.78, 5) is 39.8. The molecule has 0 unspecified atom stereocenters. The van der Waals surface area contributed by atoms with Crippen LogP contribution in [0.3, 0.4) is 0 Å². The minimum absolute atomic E-state index is 0.0748. The number of hydrogen-bond donors (Lipinski definition) is 1. The third kappa shape index (κ3) is 5.26. The number of piperidine rings is 1. The quantitative estimate of drug-likeness (QED) is 0.348. The Morgan fingerprint density at radius 3 is 2.32 bits per heavy atom. The number of carbonyl (C=O) groups excluding carboxylic acids is 2. The van der Waals surface area contributed by atoms with Crippen molar-refractivity contribution in [2.75, 3.05) is 19.7 Å². The molecule has 0 spiro atoms. The maximum atomic E-state index is 13.2. The van der Waals surface area contributed by atoms with Crippen molar-refractivity contribution in [1.82, 2.24) is 4.90 Å². The maximum Gasteiger partial charge on any atom is 0.335 e. The number of Topliss-reactive ketones (excluding diaryl/α,β-unsaturated/α-hetero) is 1. The highest BCUT2D eigenvalue weighted by Gasteiger charge is 2.21. The molecule has 2 heterocycles. The van der Waals surface area contributed by atoms with Gasteiger partial charge in [-0.25, -0.2) is 4.79 Å². The Labute approximate surface area is 202 Å². The highest BCUT2D eigenvalue weighted by molar-refractivity contribution is 7.13. The van der Waals surface area contributed by atoms with Crippen LogP contribution in [0.2, 0.25) is 0 Å². The normalized spacial score (nSPS) is 13.4. The summed E-state index contributed by atoms with van der Waals surface area (Å²) in [6.45, 7) is 5.39. The van der Waals surface area contributed by atoms with Crippen LogP contribution in [-0.2, 0) is 4.79 Å². The number of carbonyl (C=O) groups is 3. The first kappa shape index (κ1) is 23.4. The number of aromatic carboxylic acids is 1. The summed E-state index contributed by atoms with van der Waals surface area (Å²) in [6.07, 6.45) is 3.13. The molecular formula is C27H25NO5S. The minimum Gasteiger partial charge on any atom is -0.483 e. The van der Waals surface area contributed by atoms with Crippen molar-refractivity contribution >= 4 is 34.6 Å². The van der Waals surface area contributed by atoms with Gasteiger partial charge in [-0.05, 0) is 66.6 Å². The molecule has 1 fully saturated rings. The van der Waals surface area contributed by atoms with Gasteiger partial charge in [-0.1, -0.05) is 24.8 Å². The van der Waals surface area contributed by atoms with E-state index in [4.69, 9.17) is 9.84 Å². The summed E-state index contributed by atoms with van der Waals surface area (Å²) in [5, 5.41) is 11.1. The van der Waals surface area contributed by atoms with Crippen LogP contribution in [0.4, 0.5) is 0 Å². The van der Waals surface area contributed by atoms with E-state index in [0.717, 1.165) is 42.8 Å². The number of ether oxygens (including phenoxy) is 1. The van der Waals surface area contributed by atoms with Crippen molar-refractivity contribution in [2.24, 2.45) is 0 Å². The first-order chi connectivity index (χ1) is 16.4. The largest absolute Gasteiger partial charge is 0.483 e. The molecule has 1 aromatic heterocycles. The van der Waals surface area contributed by atoms with Crippen molar-refractivity contribution in [3.63, 3.8) is 0 Å². The molecular weight excluding hydrogens is 450 g/mol. The van der Waals surface area contributed by atoms with Crippen molar-refractivity contribution < 1.29 is 24.2 Å². The number of amides is 1. The average molecular weight is 476 g/mol. The fourth-order valence-electron chi connectivity index (χ4n) is 3.92. The Kier molecular flexibility index (Phi) is 7.23. The molecule has 4 rings (SSSR count). The molecule has 7 heteroatoms. The van der Waals surface area contributed by atoms with E-state index in [1.807, 2.05) is 34.5 Å². The summed E-state index contributed by atoms with van der Waals surface area (Å²) in [5.74, 6) is -1.07. The smallest absolute Gasteiger partial charge is 0.335 e. The molecule has 1 aliphatic rings. The van der Waals surface area contributed by atoms with Gasteiger partial charge in [-0.15, -0.1) is 11.3 Å². The summed E-state index contributed by atoms with van der Waals surface area (Å²) in [6, 6.07) is 15.2. The SMILES string of the molecule is C=C(C(=O)c1ccc(C(=O)O)cc1)c1cc(-c2cccs2)ccc1OCC(=O)N1CCCCC1. The highest BCUT2D eigenvalue weighted by Crippen LogP contribution is 2.34. The molecule has 1 aliphatic heterocycles. The molecule has 1 N–H and O–H groups in total. The van der Waals surface area contributed by atoms with E-state index >= 15 is 0 Å². The lowest BCUT2D eigenvalue weighted by Crippen LogP contribution is -2.38. The van der Waals surface area contributed by atoms with Crippen molar-refractivity contribution in [3.05, 3.63) is 83.2 Å². The van der Waals surface area contributed by atoms with Gasteiger partial charge in [0.2, 0.25) is 0 Å². The average Bonchev–Trinajstić information content (AvgIpc) is 3.42. The van der Waals surface area contributed by atoms with E-state index in [1.165, 1.54) is 24.3 Å². The lowest BCUT2D eigenvalue weighted by Gasteiger charge is -2.26. The molecule has 174 valence electrons. The number of allylic oxidation sites excluding steroid dienone is 1. The van der Waals surface area contributed by atoms with Gasteiger partial charge >= 0.3 is 5.97 Å².